The first-order valence-corrected chi connectivity index (χ1v) is 12.2. The minimum absolute atomic E-state index is 0.0340. The van der Waals surface area contributed by atoms with Crippen LogP contribution in [-0.2, 0) is 0 Å². The molecule has 176 valence electrons. The number of ketones is 1. The zero-order valence-corrected chi connectivity index (χ0v) is 20.7. The number of piperidine rings is 1. The molecule has 0 aliphatic carbocycles. The third kappa shape index (κ3) is 5.09. The van der Waals surface area contributed by atoms with Gasteiger partial charge in [0.15, 0.2) is 5.78 Å². The number of thiophene rings is 1. The Kier molecular flexibility index (Phi) is 7.40. The van der Waals surface area contributed by atoms with Crippen molar-refractivity contribution in [1.29, 1.82) is 0 Å². The SMILES string of the molecule is COc1cc(OC)c2c(C(=O)c3ccc(OCCN4CCCCC4)cc3)c(N(C)C)sc2c1. The topological polar surface area (TPSA) is 51.2 Å². The van der Waals surface area contributed by atoms with Crippen LogP contribution < -0.4 is 19.1 Å². The molecule has 3 aromatic rings. The van der Waals surface area contributed by atoms with Crippen molar-refractivity contribution < 1.29 is 19.0 Å². The normalized spacial score (nSPS) is 14.3. The Balaban J connectivity index is 1.56. The van der Waals surface area contributed by atoms with E-state index >= 15 is 0 Å². The Morgan fingerprint density at radius 1 is 1.00 bits per heavy atom. The molecule has 0 N–H and O–H groups in total. The third-order valence-corrected chi connectivity index (χ3v) is 7.34. The van der Waals surface area contributed by atoms with Crippen LogP contribution in [0.4, 0.5) is 5.00 Å². The monoisotopic (exact) mass is 468 g/mol. The van der Waals surface area contributed by atoms with Gasteiger partial charge in [-0.2, -0.15) is 0 Å². The summed E-state index contributed by atoms with van der Waals surface area (Å²) in [5.74, 6) is 2.09. The molecule has 1 aromatic heterocycles. The summed E-state index contributed by atoms with van der Waals surface area (Å²) >= 11 is 1.56. The summed E-state index contributed by atoms with van der Waals surface area (Å²) in [6.07, 6.45) is 3.89. The van der Waals surface area contributed by atoms with E-state index < -0.39 is 0 Å². The molecule has 7 heteroatoms. The van der Waals surface area contributed by atoms with Crippen molar-refractivity contribution in [1.82, 2.24) is 4.90 Å². The van der Waals surface area contributed by atoms with Crippen LogP contribution in [0.15, 0.2) is 36.4 Å². The predicted molar refractivity (Wildman–Crippen MR) is 135 cm³/mol. The van der Waals surface area contributed by atoms with Crippen LogP contribution in [0.5, 0.6) is 17.2 Å². The van der Waals surface area contributed by atoms with Crippen LogP contribution in [0.25, 0.3) is 10.1 Å². The lowest BCUT2D eigenvalue weighted by molar-refractivity contribution is 0.104. The molecule has 1 saturated heterocycles. The van der Waals surface area contributed by atoms with E-state index in [1.54, 1.807) is 25.6 Å². The molecule has 4 rings (SSSR count). The van der Waals surface area contributed by atoms with Crippen molar-refractivity contribution in [3.8, 4) is 17.2 Å². The summed E-state index contributed by atoms with van der Waals surface area (Å²) in [6, 6.07) is 11.2. The van der Waals surface area contributed by atoms with Gasteiger partial charge in [-0.1, -0.05) is 6.42 Å². The van der Waals surface area contributed by atoms with E-state index in [-0.39, 0.29) is 5.78 Å². The van der Waals surface area contributed by atoms with Gasteiger partial charge in [0.25, 0.3) is 0 Å². The Hall–Kier alpha value is -2.77. The molecule has 1 fully saturated rings. The number of benzene rings is 2. The van der Waals surface area contributed by atoms with E-state index in [9.17, 15) is 4.79 Å². The molecule has 0 radical (unpaired) electrons. The highest BCUT2D eigenvalue weighted by Gasteiger charge is 2.25. The summed E-state index contributed by atoms with van der Waals surface area (Å²) in [5, 5.41) is 1.71. The van der Waals surface area contributed by atoms with Crippen molar-refractivity contribution in [2.24, 2.45) is 0 Å². The molecule has 1 aliphatic heterocycles. The lowest BCUT2D eigenvalue weighted by Crippen LogP contribution is -2.33. The second-order valence-electron chi connectivity index (χ2n) is 8.48. The highest BCUT2D eigenvalue weighted by molar-refractivity contribution is 7.23. The molecular formula is C26H32N2O4S. The van der Waals surface area contributed by atoms with E-state index in [0.29, 0.717) is 29.2 Å². The van der Waals surface area contributed by atoms with Crippen LogP contribution in [0, 0.1) is 0 Å². The largest absolute Gasteiger partial charge is 0.497 e. The fourth-order valence-corrected chi connectivity index (χ4v) is 5.45. The Morgan fingerprint density at radius 3 is 2.36 bits per heavy atom. The molecule has 0 saturated carbocycles. The maximum Gasteiger partial charge on any atom is 0.196 e. The van der Waals surface area contributed by atoms with E-state index in [1.807, 2.05) is 55.4 Å². The van der Waals surface area contributed by atoms with Gasteiger partial charge >= 0.3 is 0 Å². The smallest absolute Gasteiger partial charge is 0.196 e. The Labute approximate surface area is 199 Å². The zero-order chi connectivity index (χ0) is 23.4. The number of ether oxygens (including phenoxy) is 3. The van der Waals surface area contributed by atoms with Crippen molar-refractivity contribution in [3.63, 3.8) is 0 Å². The van der Waals surface area contributed by atoms with Gasteiger partial charge in [0.1, 0.15) is 28.9 Å². The molecule has 0 amide bonds. The minimum atomic E-state index is -0.0340. The fourth-order valence-electron chi connectivity index (χ4n) is 4.28. The number of carbonyl (C=O) groups is 1. The molecule has 33 heavy (non-hydrogen) atoms. The average molecular weight is 469 g/mol. The number of nitrogens with zero attached hydrogens (tertiary/aromatic N) is 2. The average Bonchev–Trinajstić information content (AvgIpc) is 3.24. The summed E-state index contributed by atoms with van der Waals surface area (Å²) in [5.41, 5.74) is 1.28. The minimum Gasteiger partial charge on any atom is -0.497 e. The molecular weight excluding hydrogens is 436 g/mol. The van der Waals surface area contributed by atoms with Crippen LogP contribution in [0.1, 0.15) is 35.2 Å². The van der Waals surface area contributed by atoms with Gasteiger partial charge in [-0.3, -0.25) is 9.69 Å². The second kappa shape index (κ2) is 10.4. The summed E-state index contributed by atoms with van der Waals surface area (Å²) in [4.78, 5) is 18.1. The number of fused-ring (bicyclic) bond motifs is 1. The second-order valence-corrected chi connectivity index (χ2v) is 9.51. The van der Waals surface area contributed by atoms with Crippen molar-refractivity contribution in [3.05, 3.63) is 47.5 Å². The highest BCUT2D eigenvalue weighted by atomic mass is 32.1. The van der Waals surface area contributed by atoms with Crippen molar-refractivity contribution >= 4 is 32.2 Å². The molecule has 2 aromatic carbocycles. The Bertz CT molecular complexity index is 1100. The maximum atomic E-state index is 13.6. The van der Waals surface area contributed by atoms with E-state index in [1.165, 1.54) is 19.3 Å². The number of anilines is 1. The van der Waals surface area contributed by atoms with E-state index in [0.717, 1.165) is 40.5 Å². The number of methoxy groups -OCH3 is 2. The van der Waals surface area contributed by atoms with E-state index in [4.69, 9.17) is 14.2 Å². The molecule has 0 bridgehead atoms. The first-order valence-electron chi connectivity index (χ1n) is 11.4. The van der Waals surface area contributed by atoms with Crippen LogP contribution in [0.2, 0.25) is 0 Å². The van der Waals surface area contributed by atoms with Gasteiger partial charge in [0, 0.05) is 42.4 Å². The lowest BCUT2D eigenvalue weighted by Gasteiger charge is -2.26. The van der Waals surface area contributed by atoms with Gasteiger partial charge < -0.3 is 19.1 Å². The van der Waals surface area contributed by atoms with Gasteiger partial charge in [-0.05, 0) is 56.3 Å². The van der Waals surface area contributed by atoms with E-state index in [2.05, 4.69) is 4.90 Å². The highest BCUT2D eigenvalue weighted by Crippen LogP contribution is 2.45. The zero-order valence-electron chi connectivity index (χ0n) is 19.8. The molecule has 1 aliphatic rings. The van der Waals surface area contributed by atoms with Gasteiger partial charge in [-0.25, -0.2) is 0 Å². The first-order chi connectivity index (χ1) is 16.0. The van der Waals surface area contributed by atoms with Gasteiger partial charge in [0.05, 0.1) is 19.8 Å². The fraction of sp³-hybridized carbons (Fsp3) is 0.423. The molecule has 0 unspecified atom stereocenters. The van der Waals surface area contributed by atoms with Gasteiger partial charge in [0.2, 0.25) is 0 Å². The number of hydrogen-bond donors (Lipinski definition) is 0. The number of hydrogen-bond acceptors (Lipinski definition) is 7. The van der Waals surface area contributed by atoms with Crippen LogP contribution >= 0.6 is 11.3 Å². The maximum absolute atomic E-state index is 13.6. The van der Waals surface area contributed by atoms with Crippen molar-refractivity contribution in [2.45, 2.75) is 19.3 Å². The van der Waals surface area contributed by atoms with Gasteiger partial charge in [-0.15, -0.1) is 11.3 Å². The molecule has 2 heterocycles. The van der Waals surface area contributed by atoms with Crippen LogP contribution in [0.3, 0.4) is 0 Å². The molecule has 6 nitrogen and oxygen atoms in total. The predicted octanol–water partition coefficient (Wildman–Crippen LogP) is 5.08. The summed E-state index contributed by atoms with van der Waals surface area (Å²) in [6.45, 7) is 3.92. The summed E-state index contributed by atoms with van der Waals surface area (Å²) < 4.78 is 17.9. The number of likely N-dealkylation sites (tertiary alicyclic amines) is 1. The number of rotatable bonds is 9. The summed E-state index contributed by atoms with van der Waals surface area (Å²) in [7, 11) is 7.14. The lowest BCUT2D eigenvalue weighted by atomic mass is 10.0. The standard InChI is InChI=1S/C26H32N2O4S/c1-27(2)26-24(23-21(31-4)16-20(30-3)17-22(23)33-26)25(29)18-8-10-19(11-9-18)32-15-14-28-12-6-5-7-13-28/h8-11,16-17H,5-7,12-15H2,1-4H3. The first kappa shape index (κ1) is 23.4. The van der Waals surface area contributed by atoms with Crippen molar-refractivity contribution in [2.75, 3.05) is 59.5 Å². The quantitative estimate of drug-likeness (QED) is 0.408. The number of carbonyl (C=O) groups excluding carboxylic acids is 1. The third-order valence-electron chi connectivity index (χ3n) is 6.04. The molecule has 0 spiro atoms. The molecule has 0 atom stereocenters. The Morgan fingerprint density at radius 2 is 1.73 bits per heavy atom. The van der Waals surface area contributed by atoms with Crippen LogP contribution in [-0.4, -0.2) is 65.2 Å².